The maximum absolute atomic E-state index is 12.8. The van der Waals surface area contributed by atoms with Crippen LogP contribution in [0.2, 0.25) is 5.02 Å². The summed E-state index contributed by atoms with van der Waals surface area (Å²) in [6, 6.07) is 7.67. The zero-order chi connectivity index (χ0) is 23.5. The Hall–Kier alpha value is -2.78. The van der Waals surface area contributed by atoms with Gasteiger partial charge in [0.15, 0.2) is 9.84 Å². The normalized spacial score (nSPS) is 13.4. The molecule has 0 unspecified atom stereocenters. The lowest BCUT2D eigenvalue weighted by molar-refractivity contribution is -0.142. The number of sulfone groups is 1. The molecule has 1 aliphatic rings. The summed E-state index contributed by atoms with van der Waals surface area (Å²) >= 11 is 6.36. The van der Waals surface area contributed by atoms with Gasteiger partial charge in [-0.3, -0.25) is 9.59 Å². The Kier molecular flexibility index (Phi) is 7.30. The molecule has 3 rings (SSSR count). The lowest BCUT2D eigenvalue weighted by Crippen LogP contribution is -2.17. The van der Waals surface area contributed by atoms with Crippen LogP contribution in [0.3, 0.4) is 0 Å². The number of nitrogens with one attached hydrogen (secondary N) is 1. The minimum atomic E-state index is -3.53. The third-order valence-corrected chi connectivity index (χ3v) is 7.07. The zero-order valence-corrected chi connectivity index (χ0v) is 19.5. The van der Waals surface area contributed by atoms with E-state index in [0.717, 1.165) is 12.8 Å². The van der Waals surface area contributed by atoms with Crippen molar-refractivity contribution in [1.82, 2.24) is 0 Å². The quantitative estimate of drug-likeness (QED) is 0.423. The van der Waals surface area contributed by atoms with Crippen LogP contribution in [0.25, 0.3) is 0 Å². The fraction of sp³-hybridized carbons (Fsp3) is 0.364. The number of methoxy groups -OCH3 is 2. The molecule has 0 aromatic heterocycles. The number of carbonyl (C=O) groups excluding carboxylic acids is 2. The van der Waals surface area contributed by atoms with E-state index in [1.54, 1.807) is 25.1 Å². The van der Waals surface area contributed by atoms with Crippen molar-refractivity contribution in [2.75, 3.05) is 25.3 Å². The number of esters is 1. The second-order valence-electron chi connectivity index (χ2n) is 7.54. The van der Waals surface area contributed by atoms with Crippen LogP contribution in [-0.4, -0.2) is 40.3 Å². The summed E-state index contributed by atoms with van der Waals surface area (Å²) in [5.41, 5.74) is 0.986. The standard InChI is InChI=1S/C22H24ClNO7S/c1-13-8-15(24-20(25)11-21(26)30-3)9-17(23)22(13)31-16-6-7-18(29-2)19(10-16)32(27,28)12-14-4-5-14/h6-10,14H,4-5,11-12H2,1-3H3,(H,24,25). The van der Waals surface area contributed by atoms with E-state index < -0.39 is 28.1 Å². The molecular formula is C22H24ClNO7S. The number of halogens is 1. The van der Waals surface area contributed by atoms with Gasteiger partial charge in [-0.15, -0.1) is 0 Å². The number of hydrogen-bond donors (Lipinski definition) is 1. The molecule has 0 aliphatic heterocycles. The molecule has 172 valence electrons. The summed E-state index contributed by atoms with van der Waals surface area (Å²) in [6.45, 7) is 1.73. The minimum absolute atomic E-state index is 0.0740. The van der Waals surface area contributed by atoms with Gasteiger partial charge in [-0.25, -0.2) is 8.42 Å². The SMILES string of the molecule is COC(=O)CC(=O)Nc1cc(C)c(Oc2ccc(OC)c(S(=O)(=O)CC3CC3)c2)c(Cl)c1. The highest BCUT2D eigenvalue weighted by atomic mass is 35.5. The van der Waals surface area contributed by atoms with Gasteiger partial charge in [-0.05, 0) is 55.5 Å². The van der Waals surface area contributed by atoms with Crippen molar-refractivity contribution < 1.29 is 32.2 Å². The topological polar surface area (TPSA) is 108 Å². The summed E-state index contributed by atoms with van der Waals surface area (Å²) < 4.78 is 41.2. The van der Waals surface area contributed by atoms with Gasteiger partial charge in [-0.1, -0.05) is 11.6 Å². The van der Waals surface area contributed by atoms with Crippen LogP contribution in [0.4, 0.5) is 5.69 Å². The van der Waals surface area contributed by atoms with E-state index in [0.29, 0.717) is 17.0 Å². The number of aryl methyl sites for hydroxylation is 1. The van der Waals surface area contributed by atoms with Gasteiger partial charge in [0.2, 0.25) is 5.91 Å². The molecule has 10 heteroatoms. The molecule has 2 aromatic carbocycles. The molecule has 0 spiro atoms. The number of hydrogen-bond acceptors (Lipinski definition) is 7. The van der Waals surface area contributed by atoms with Crippen molar-refractivity contribution in [3.8, 4) is 17.2 Å². The number of anilines is 1. The molecule has 0 atom stereocenters. The Bertz CT molecular complexity index is 1120. The van der Waals surface area contributed by atoms with Crippen LogP contribution >= 0.6 is 11.6 Å². The first kappa shape index (κ1) is 23.9. The summed E-state index contributed by atoms with van der Waals surface area (Å²) in [7, 11) is -0.915. The number of carbonyl (C=O) groups is 2. The number of amides is 1. The van der Waals surface area contributed by atoms with Crippen molar-refractivity contribution in [3.05, 3.63) is 40.9 Å². The molecule has 0 radical (unpaired) electrons. The van der Waals surface area contributed by atoms with Gasteiger partial charge in [0.1, 0.15) is 28.6 Å². The van der Waals surface area contributed by atoms with Gasteiger partial charge in [0.05, 0.1) is 25.0 Å². The molecule has 1 fully saturated rings. The second-order valence-corrected chi connectivity index (χ2v) is 9.95. The van der Waals surface area contributed by atoms with Crippen LogP contribution in [0.15, 0.2) is 35.2 Å². The predicted molar refractivity (Wildman–Crippen MR) is 119 cm³/mol. The van der Waals surface area contributed by atoms with Crippen LogP contribution < -0.4 is 14.8 Å². The monoisotopic (exact) mass is 481 g/mol. The van der Waals surface area contributed by atoms with E-state index >= 15 is 0 Å². The number of ether oxygens (including phenoxy) is 3. The molecule has 1 N–H and O–H groups in total. The molecule has 0 bridgehead atoms. The number of rotatable bonds is 9. The van der Waals surface area contributed by atoms with Crippen molar-refractivity contribution in [1.29, 1.82) is 0 Å². The largest absolute Gasteiger partial charge is 0.495 e. The molecule has 32 heavy (non-hydrogen) atoms. The molecule has 1 saturated carbocycles. The van der Waals surface area contributed by atoms with E-state index in [9.17, 15) is 18.0 Å². The van der Waals surface area contributed by atoms with Crippen LogP contribution in [-0.2, 0) is 24.2 Å². The maximum atomic E-state index is 12.8. The van der Waals surface area contributed by atoms with Gasteiger partial charge < -0.3 is 19.5 Å². The van der Waals surface area contributed by atoms with Gasteiger partial charge >= 0.3 is 5.97 Å². The fourth-order valence-electron chi connectivity index (χ4n) is 3.11. The van der Waals surface area contributed by atoms with E-state index in [1.165, 1.54) is 26.4 Å². The van der Waals surface area contributed by atoms with E-state index in [-0.39, 0.29) is 33.1 Å². The minimum Gasteiger partial charge on any atom is -0.495 e. The van der Waals surface area contributed by atoms with Gasteiger partial charge in [0.25, 0.3) is 0 Å². The lowest BCUT2D eigenvalue weighted by Gasteiger charge is -2.15. The first-order valence-corrected chi connectivity index (χ1v) is 11.9. The van der Waals surface area contributed by atoms with E-state index in [1.807, 2.05) is 0 Å². The Morgan fingerprint density at radius 2 is 1.88 bits per heavy atom. The smallest absolute Gasteiger partial charge is 0.315 e. The lowest BCUT2D eigenvalue weighted by atomic mass is 10.2. The molecule has 0 saturated heterocycles. The van der Waals surface area contributed by atoms with Crippen molar-refractivity contribution in [2.45, 2.75) is 31.1 Å². The van der Waals surface area contributed by atoms with Crippen molar-refractivity contribution in [2.24, 2.45) is 5.92 Å². The van der Waals surface area contributed by atoms with Crippen LogP contribution in [0.1, 0.15) is 24.8 Å². The van der Waals surface area contributed by atoms with Crippen molar-refractivity contribution in [3.63, 3.8) is 0 Å². The molecule has 1 aliphatic carbocycles. The zero-order valence-electron chi connectivity index (χ0n) is 17.9. The van der Waals surface area contributed by atoms with Crippen molar-refractivity contribution >= 4 is 39.0 Å². The predicted octanol–water partition coefficient (Wildman–Crippen LogP) is 4.13. The summed E-state index contributed by atoms with van der Waals surface area (Å²) in [6.07, 6.45) is 1.40. The molecule has 1 amide bonds. The average molecular weight is 482 g/mol. The summed E-state index contributed by atoms with van der Waals surface area (Å²) in [5, 5.41) is 2.78. The van der Waals surface area contributed by atoms with E-state index in [4.69, 9.17) is 21.1 Å². The van der Waals surface area contributed by atoms with Crippen LogP contribution in [0, 0.1) is 12.8 Å². The van der Waals surface area contributed by atoms with Crippen LogP contribution in [0.5, 0.6) is 17.2 Å². The maximum Gasteiger partial charge on any atom is 0.315 e. The highest BCUT2D eigenvalue weighted by Gasteiger charge is 2.31. The number of benzene rings is 2. The molecule has 2 aromatic rings. The highest BCUT2D eigenvalue weighted by Crippen LogP contribution is 2.39. The Morgan fingerprint density at radius 3 is 2.47 bits per heavy atom. The Morgan fingerprint density at radius 1 is 1.16 bits per heavy atom. The second kappa shape index (κ2) is 9.79. The first-order chi connectivity index (χ1) is 15.1. The summed E-state index contributed by atoms with van der Waals surface area (Å²) in [5.74, 6) is -0.0794. The first-order valence-electron chi connectivity index (χ1n) is 9.88. The van der Waals surface area contributed by atoms with Gasteiger partial charge in [0, 0.05) is 11.8 Å². The highest BCUT2D eigenvalue weighted by molar-refractivity contribution is 7.91. The average Bonchev–Trinajstić information content (AvgIpc) is 3.53. The third-order valence-electron chi connectivity index (χ3n) is 4.89. The van der Waals surface area contributed by atoms with E-state index in [2.05, 4.69) is 10.1 Å². The van der Waals surface area contributed by atoms with Gasteiger partial charge in [-0.2, -0.15) is 0 Å². The summed E-state index contributed by atoms with van der Waals surface area (Å²) in [4.78, 5) is 23.2. The molecular weight excluding hydrogens is 458 g/mol. The molecule has 0 heterocycles. The molecule has 8 nitrogen and oxygen atoms in total. The fourth-order valence-corrected chi connectivity index (χ4v) is 5.30. The Balaban J connectivity index is 1.83. The Labute approximate surface area is 191 Å². The third kappa shape index (κ3) is 5.92.